The Labute approximate surface area is 133 Å². The highest BCUT2D eigenvalue weighted by atomic mass is 16.5. The molecule has 1 aliphatic heterocycles. The van der Waals surface area contributed by atoms with Crippen molar-refractivity contribution in [2.45, 2.75) is 13.5 Å². The summed E-state index contributed by atoms with van der Waals surface area (Å²) >= 11 is 0. The lowest BCUT2D eigenvalue weighted by atomic mass is 10.1. The molecule has 124 valence electrons. The van der Waals surface area contributed by atoms with Crippen LogP contribution in [0.25, 0.3) is 0 Å². The first-order chi connectivity index (χ1) is 10.7. The molecule has 2 rings (SSSR count). The smallest absolute Gasteiger partial charge is 0.191 e. The summed E-state index contributed by atoms with van der Waals surface area (Å²) in [6.45, 7) is 8.90. The molecule has 1 aromatic rings. The lowest BCUT2D eigenvalue weighted by Gasteiger charge is -2.29. The average Bonchev–Trinajstić information content (AvgIpc) is 2.94. The molecule has 1 aromatic heterocycles. The minimum atomic E-state index is 0.577. The summed E-state index contributed by atoms with van der Waals surface area (Å²) < 4.78 is 7.44. The minimum absolute atomic E-state index is 0.577. The van der Waals surface area contributed by atoms with Gasteiger partial charge >= 0.3 is 0 Å². The Morgan fingerprint density at radius 3 is 2.77 bits per heavy atom. The third-order valence-corrected chi connectivity index (χ3v) is 3.87. The van der Waals surface area contributed by atoms with E-state index in [2.05, 4.69) is 50.5 Å². The van der Waals surface area contributed by atoms with Gasteiger partial charge in [-0.05, 0) is 17.5 Å². The van der Waals surface area contributed by atoms with Gasteiger partial charge in [-0.25, -0.2) is 0 Å². The van der Waals surface area contributed by atoms with Crippen LogP contribution in [0.1, 0.15) is 12.5 Å². The van der Waals surface area contributed by atoms with E-state index >= 15 is 0 Å². The molecule has 0 spiro atoms. The number of nitrogens with zero attached hydrogens (tertiary/aromatic N) is 3. The van der Waals surface area contributed by atoms with E-state index in [0.717, 1.165) is 51.9 Å². The van der Waals surface area contributed by atoms with Crippen LogP contribution < -0.4 is 10.6 Å². The van der Waals surface area contributed by atoms with Crippen LogP contribution in [0, 0.1) is 5.92 Å². The number of nitrogens with one attached hydrogen (secondary N) is 2. The maximum Gasteiger partial charge on any atom is 0.191 e. The van der Waals surface area contributed by atoms with Gasteiger partial charge in [-0.15, -0.1) is 0 Å². The van der Waals surface area contributed by atoms with Crippen molar-refractivity contribution in [2.75, 3.05) is 46.4 Å². The summed E-state index contributed by atoms with van der Waals surface area (Å²) in [4.78, 5) is 6.75. The SMILES string of the molecule is CN=C(NCc1ccn(C)c1)NCC(C)CN1CCOCC1. The Bertz CT molecular complexity index is 465. The zero-order valence-electron chi connectivity index (χ0n) is 14.0. The van der Waals surface area contributed by atoms with Gasteiger partial charge < -0.3 is 19.9 Å². The zero-order chi connectivity index (χ0) is 15.8. The van der Waals surface area contributed by atoms with Crippen molar-refractivity contribution in [3.05, 3.63) is 24.0 Å². The molecule has 1 fully saturated rings. The first kappa shape index (κ1) is 16.8. The van der Waals surface area contributed by atoms with Gasteiger partial charge in [0.25, 0.3) is 0 Å². The Morgan fingerprint density at radius 1 is 1.36 bits per heavy atom. The zero-order valence-corrected chi connectivity index (χ0v) is 14.0. The molecule has 0 radical (unpaired) electrons. The number of hydrogen-bond acceptors (Lipinski definition) is 3. The van der Waals surface area contributed by atoms with Crippen molar-refractivity contribution in [2.24, 2.45) is 18.0 Å². The Balaban J connectivity index is 1.66. The van der Waals surface area contributed by atoms with Crippen LogP contribution in [0.3, 0.4) is 0 Å². The summed E-state index contributed by atoms with van der Waals surface area (Å²) in [5.41, 5.74) is 1.26. The van der Waals surface area contributed by atoms with E-state index in [1.54, 1.807) is 0 Å². The van der Waals surface area contributed by atoms with Crippen LogP contribution >= 0.6 is 0 Å². The second-order valence-electron chi connectivity index (χ2n) is 6.01. The molecule has 0 amide bonds. The fraction of sp³-hybridized carbons (Fsp3) is 0.688. The Kier molecular flexibility index (Phi) is 6.74. The molecule has 6 heteroatoms. The Morgan fingerprint density at radius 2 is 2.14 bits per heavy atom. The average molecular weight is 307 g/mol. The van der Waals surface area contributed by atoms with E-state index < -0.39 is 0 Å². The third-order valence-electron chi connectivity index (χ3n) is 3.87. The molecular formula is C16H29N5O. The lowest BCUT2D eigenvalue weighted by Crippen LogP contribution is -2.43. The monoisotopic (exact) mass is 307 g/mol. The second-order valence-corrected chi connectivity index (χ2v) is 6.01. The standard InChI is InChI=1S/C16H29N5O/c1-14(12-21-6-8-22-9-7-21)10-18-16(17-2)19-11-15-4-5-20(3)13-15/h4-5,13-14H,6-12H2,1-3H3,(H2,17,18,19). The predicted molar refractivity (Wildman–Crippen MR) is 90.0 cm³/mol. The van der Waals surface area contributed by atoms with Gasteiger partial charge in [0.1, 0.15) is 0 Å². The van der Waals surface area contributed by atoms with Gasteiger partial charge in [-0.3, -0.25) is 9.89 Å². The van der Waals surface area contributed by atoms with Crippen LogP contribution in [-0.4, -0.2) is 61.9 Å². The third kappa shape index (κ3) is 5.69. The number of aliphatic imine (C=N–C) groups is 1. The molecule has 1 saturated heterocycles. The number of rotatable bonds is 6. The summed E-state index contributed by atoms with van der Waals surface area (Å²) in [6.07, 6.45) is 4.17. The van der Waals surface area contributed by atoms with E-state index in [0.29, 0.717) is 5.92 Å². The molecular weight excluding hydrogens is 278 g/mol. The maximum atomic E-state index is 5.38. The van der Waals surface area contributed by atoms with Crippen LogP contribution in [0.15, 0.2) is 23.5 Å². The number of morpholine rings is 1. The van der Waals surface area contributed by atoms with Gasteiger partial charge in [-0.2, -0.15) is 0 Å². The van der Waals surface area contributed by atoms with Gasteiger partial charge in [0.05, 0.1) is 13.2 Å². The van der Waals surface area contributed by atoms with Crippen molar-refractivity contribution in [1.82, 2.24) is 20.1 Å². The second kappa shape index (κ2) is 8.80. The fourth-order valence-corrected chi connectivity index (χ4v) is 2.63. The largest absolute Gasteiger partial charge is 0.379 e. The molecule has 2 N–H and O–H groups in total. The molecule has 0 aromatic carbocycles. The van der Waals surface area contributed by atoms with Crippen LogP contribution in [0.2, 0.25) is 0 Å². The van der Waals surface area contributed by atoms with Gasteiger partial charge in [0, 0.05) is 59.2 Å². The molecule has 2 heterocycles. The lowest BCUT2D eigenvalue weighted by molar-refractivity contribution is 0.0320. The minimum Gasteiger partial charge on any atom is -0.379 e. The van der Waals surface area contributed by atoms with Gasteiger partial charge in [0.15, 0.2) is 5.96 Å². The number of ether oxygens (including phenoxy) is 1. The van der Waals surface area contributed by atoms with Crippen molar-refractivity contribution >= 4 is 5.96 Å². The van der Waals surface area contributed by atoms with Crippen molar-refractivity contribution < 1.29 is 4.74 Å². The van der Waals surface area contributed by atoms with E-state index in [1.165, 1.54) is 5.56 Å². The van der Waals surface area contributed by atoms with Crippen molar-refractivity contribution in [3.63, 3.8) is 0 Å². The molecule has 0 bridgehead atoms. The molecule has 1 unspecified atom stereocenters. The van der Waals surface area contributed by atoms with Gasteiger partial charge in [-0.1, -0.05) is 6.92 Å². The van der Waals surface area contributed by atoms with Gasteiger partial charge in [0.2, 0.25) is 0 Å². The fourth-order valence-electron chi connectivity index (χ4n) is 2.63. The predicted octanol–water partition coefficient (Wildman–Crippen LogP) is 0.658. The summed E-state index contributed by atoms with van der Waals surface area (Å²) in [5.74, 6) is 1.44. The highest BCUT2D eigenvalue weighted by Crippen LogP contribution is 2.02. The Hall–Kier alpha value is -1.53. The number of aromatic nitrogens is 1. The van der Waals surface area contributed by atoms with Crippen LogP contribution in [0.5, 0.6) is 0 Å². The first-order valence-corrected chi connectivity index (χ1v) is 8.03. The van der Waals surface area contributed by atoms with Crippen LogP contribution in [0.4, 0.5) is 0 Å². The molecule has 6 nitrogen and oxygen atoms in total. The van der Waals surface area contributed by atoms with Crippen LogP contribution in [-0.2, 0) is 18.3 Å². The summed E-state index contributed by atoms with van der Waals surface area (Å²) in [6, 6.07) is 2.11. The van der Waals surface area contributed by atoms with Crippen molar-refractivity contribution in [3.8, 4) is 0 Å². The summed E-state index contributed by atoms with van der Waals surface area (Å²) in [7, 11) is 3.84. The van der Waals surface area contributed by atoms with E-state index in [1.807, 2.05) is 14.1 Å². The molecule has 22 heavy (non-hydrogen) atoms. The highest BCUT2D eigenvalue weighted by molar-refractivity contribution is 5.79. The molecule has 1 aliphatic rings. The quantitative estimate of drug-likeness (QED) is 0.599. The maximum absolute atomic E-state index is 5.38. The van der Waals surface area contributed by atoms with Crippen molar-refractivity contribution in [1.29, 1.82) is 0 Å². The molecule has 1 atom stereocenters. The van der Waals surface area contributed by atoms with E-state index in [-0.39, 0.29) is 0 Å². The highest BCUT2D eigenvalue weighted by Gasteiger charge is 2.13. The summed E-state index contributed by atoms with van der Waals surface area (Å²) in [5, 5.41) is 6.76. The normalized spacial score (nSPS) is 18.2. The molecule has 0 saturated carbocycles. The van der Waals surface area contributed by atoms with E-state index in [4.69, 9.17) is 4.74 Å². The number of hydrogen-bond donors (Lipinski definition) is 2. The topological polar surface area (TPSA) is 53.8 Å². The number of aryl methyl sites for hydroxylation is 1. The first-order valence-electron chi connectivity index (χ1n) is 8.03. The van der Waals surface area contributed by atoms with E-state index in [9.17, 15) is 0 Å². The molecule has 0 aliphatic carbocycles. The number of guanidine groups is 1.